The molecule has 0 spiro atoms. The smallest absolute Gasteiger partial charge is 0.158 e. The highest BCUT2D eigenvalue weighted by atomic mass is 79.9. The van der Waals surface area contributed by atoms with Gasteiger partial charge in [-0.25, -0.2) is 4.98 Å². The van der Waals surface area contributed by atoms with Crippen LogP contribution < -0.4 is 0 Å². The average Bonchev–Trinajstić information content (AvgIpc) is 2.51. The molecule has 3 rings (SSSR count). The molecule has 0 aliphatic heterocycles. The lowest BCUT2D eigenvalue weighted by molar-refractivity contribution is 1.11. The van der Waals surface area contributed by atoms with Crippen molar-refractivity contribution in [2.45, 2.75) is 6.92 Å². The molecule has 104 valence electrons. The molecular weight excluding hydrogens is 346 g/mol. The van der Waals surface area contributed by atoms with Crippen molar-refractivity contribution in [1.29, 1.82) is 0 Å². The molecule has 0 unspecified atom stereocenters. The molecular formula is C16H12BrN3S. The highest BCUT2D eigenvalue weighted by molar-refractivity contribution is 9.10. The van der Waals surface area contributed by atoms with Gasteiger partial charge in [0.05, 0.1) is 10.2 Å². The Labute approximate surface area is 136 Å². The molecule has 21 heavy (non-hydrogen) atoms. The van der Waals surface area contributed by atoms with E-state index >= 15 is 0 Å². The molecule has 1 aromatic carbocycles. The summed E-state index contributed by atoms with van der Waals surface area (Å²) < 4.78 is 1.31. The number of benzene rings is 1. The fourth-order valence-electron chi connectivity index (χ4n) is 2.11. The number of aryl methyl sites for hydroxylation is 1. The van der Waals surface area contributed by atoms with E-state index in [0.717, 1.165) is 27.0 Å². The lowest BCUT2D eigenvalue weighted by atomic mass is 10.1. The standard InChI is InChI=1S/C16H12BrN3S/c1-10-6-5-9-18-13(10)15-19-14(12(17)16(21)20-15)11-7-3-2-4-8-11/h2-9H,1H3,(H,19,20,21). The molecule has 3 aromatic rings. The first-order valence-corrected chi connectivity index (χ1v) is 7.64. The second kappa shape index (κ2) is 5.87. The van der Waals surface area contributed by atoms with E-state index < -0.39 is 0 Å². The molecule has 0 atom stereocenters. The first kappa shape index (κ1) is 14.1. The van der Waals surface area contributed by atoms with E-state index in [2.05, 4.69) is 30.9 Å². The van der Waals surface area contributed by atoms with Gasteiger partial charge in [0.25, 0.3) is 0 Å². The van der Waals surface area contributed by atoms with E-state index in [1.165, 1.54) is 0 Å². The summed E-state index contributed by atoms with van der Waals surface area (Å²) in [7, 11) is 0. The van der Waals surface area contributed by atoms with Gasteiger partial charge in [0.2, 0.25) is 0 Å². The Bertz CT molecular complexity index is 844. The van der Waals surface area contributed by atoms with Crippen LogP contribution in [0.2, 0.25) is 0 Å². The Morgan fingerprint density at radius 2 is 1.86 bits per heavy atom. The van der Waals surface area contributed by atoms with Crippen molar-refractivity contribution in [2.24, 2.45) is 0 Å². The third kappa shape index (κ3) is 2.80. The normalized spacial score (nSPS) is 10.6. The number of aromatic nitrogens is 3. The van der Waals surface area contributed by atoms with Crippen LogP contribution in [0.3, 0.4) is 0 Å². The largest absolute Gasteiger partial charge is 0.337 e. The third-order valence-corrected chi connectivity index (χ3v) is 4.49. The Balaban J connectivity index is 2.24. The highest BCUT2D eigenvalue weighted by Crippen LogP contribution is 2.29. The average molecular weight is 358 g/mol. The second-order valence-corrected chi connectivity index (χ2v) is 5.79. The fourth-order valence-corrected chi connectivity index (χ4v) is 2.72. The second-order valence-electron chi connectivity index (χ2n) is 4.61. The number of rotatable bonds is 2. The van der Waals surface area contributed by atoms with E-state index in [0.29, 0.717) is 10.5 Å². The molecule has 0 radical (unpaired) electrons. The van der Waals surface area contributed by atoms with E-state index in [4.69, 9.17) is 12.2 Å². The summed E-state index contributed by atoms with van der Waals surface area (Å²) in [4.78, 5) is 12.2. The molecule has 2 aromatic heterocycles. The maximum Gasteiger partial charge on any atom is 0.158 e. The SMILES string of the molecule is Cc1cccnc1-c1nc(=S)c(Br)c(-c2ccccc2)[nH]1. The monoisotopic (exact) mass is 357 g/mol. The lowest BCUT2D eigenvalue weighted by Crippen LogP contribution is -1.98. The van der Waals surface area contributed by atoms with Gasteiger partial charge >= 0.3 is 0 Å². The van der Waals surface area contributed by atoms with E-state index in [1.807, 2.05) is 49.4 Å². The summed E-state index contributed by atoms with van der Waals surface area (Å²) >= 11 is 8.89. The summed E-state index contributed by atoms with van der Waals surface area (Å²) in [6.45, 7) is 2.01. The van der Waals surface area contributed by atoms with Gasteiger partial charge in [0.15, 0.2) is 5.82 Å². The first-order valence-electron chi connectivity index (χ1n) is 6.44. The topological polar surface area (TPSA) is 41.6 Å². The number of nitrogens with zero attached hydrogens (tertiary/aromatic N) is 2. The molecule has 2 heterocycles. The van der Waals surface area contributed by atoms with Crippen molar-refractivity contribution in [2.75, 3.05) is 0 Å². The van der Waals surface area contributed by atoms with Crippen LogP contribution in [0.5, 0.6) is 0 Å². The summed E-state index contributed by atoms with van der Waals surface area (Å²) in [5.74, 6) is 0.681. The van der Waals surface area contributed by atoms with Crippen LogP contribution in [-0.2, 0) is 0 Å². The van der Waals surface area contributed by atoms with Crippen LogP contribution in [0.4, 0.5) is 0 Å². The van der Waals surface area contributed by atoms with Crippen molar-refractivity contribution >= 4 is 28.1 Å². The van der Waals surface area contributed by atoms with Gasteiger partial charge in [-0.2, -0.15) is 0 Å². The summed E-state index contributed by atoms with van der Waals surface area (Å²) in [5.41, 5.74) is 3.83. The van der Waals surface area contributed by atoms with Crippen molar-refractivity contribution in [3.63, 3.8) is 0 Å². The molecule has 1 N–H and O–H groups in total. The summed E-state index contributed by atoms with van der Waals surface area (Å²) in [6, 6.07) is 13.9. The molecule has 0 aliphatic carbocycles. The maximum absolute atomic E-state index is 5.37. The molecule has 5 heteroatoms. The number of halogens is 1. The third-order valence-electron chi connectivity index (χ3n) is 3.16. The van der Waals surface area contributed by atoms with Crippen LogP contribution in [0.1, 0.15) is 5.56 Å². The van der Waals surface area contributed by atoms with Gasteiger partial charge in [0.1, 0.15) is 10.3 Å². The summed E-state index contributed by atoms with van der Waals surface area (Å²) in [5, 5.41) is 0. The molecule has 0 amide bonds. The molecule has 0 saturated carbocycles. The molecule has 0 aliphatic rings. The zero-order valence-electron chi connectivity index (χ0n) is 11.3. The van der Waals surface area contributed by atoms with Crippen molar-refractivity contribution in [3.8, 4) is 22.8 Å². The van der Waals surface area contributed by atoms with Gasteiger partial charge in [-0.3, -0.25) is 4.98 Å². The van der Waals surface area contributed by atoms with Gasteiger partial charge in [-0.15, -0.1) is 0 Å². The molecule has 0 saturated heterocycles. The lowest BCUT2D eigenvalue weighted by Gasteiger charge is -2.09. The first-order chi connectivity index (χ1) is 10.2. The number of hydrogen-bond acceptors (Lipinski definition) is 3. The van der Waals surface area contributed by atoms with Gasteiger partial charge in [0, 0.05) is 6.20 Å². The Morgan fingerprint density at radius 1 is 1.10 bits per heavy atom. The Morgan fingerprint density at radius 3 is 2.57 bits per heavy atom. The van der Waals surface area contributed by atoms with Crippen LogP contribution in [0.25, 0.3) is 22.8 Å². The minimum absolute atomic E-state index is 0.521. The van der Waals surface area contributed by atoms with E-state index in [1.54, 1.807) is 6.20 Å². The van der Waals surface area contributed by atoms with Crippen molar-refractivity contribution in [1.82, 2.24) is 15.0 Å². The van der Waals surface area contributed by atoms with Crippen molar-refractivity contribution in [3.05, 3.63) is 63.3 Å². The van der Waals surface area contributed by atoms with Gasteiger partial charge < -0.3 is 4.98 Å². The number of aromatic amines is 1. The minimum Gasteiger partial charge on any atom is -0.337 e. The molecule has 0 fully saturated rings. The number of pyridine rings is 1. The van der Waals surface area contributed by atoms with E-state index in [-0.39, 0.29) is 0 Å². The minimum atomic E-state index is 0.521. The molecule has 0 bridgehead atoms. The zero-order chi connectivity index (χ0) is 14.8. The maximum atomic E-state index is 5.37. The van der Waals surface area contributed by atoms with Gasteiger partial charge in [-0.05, 0) is 40.0 Å². The Kier molecular flexibility index (Phi) is 3.94. The summed E-state index contributed by atoms with van der Waals surface area (Å²) in [6.07, 6.45) is 1.76. The number of H-pyrrole nitrogens is 1. The highest BCUT2D eigenvalue weighted by Gasteiger charge is 2.11. The van der Waals surface area contributed by atoms with E-state index in [9.17, 15) is 0 Å². The number of hydrogen-bond donors (Lipinski definition) is 1. The predicted octanol–water partition coefficient (Wildman–Crippen LogP) is 4.94. The van der Waals surface area contributed by atoms with Crippen molar-refractivity contribution < 1.29 is 0 Å². The van der Waals surface area contributed by atoms with Gasteiger partial charge in [-0.1, -0.05) is 48.6 Å². The fraction of sp³-hybridized carbons (Fsp3) is 0.0625. The quantitative estimate of drug-likeness (QED) is 0.660. The zero-order valence-corrected chi connectivity index (χ0v) is 13.7. The van der Waals surface area contributed by atoms with Crippen LogP contribution in [-0.4, -0.2) is 15.0 Å². The molecule has 3 nitrogen and oxygen atoms in total. The number of nitrogens with one attached hydrogen (secondary N) is 1. The van der Waals surface area contributed by atoms with Crippen LogP contribution in [0.15, 0.2) is 53.1 Å². The predicted molar refractivity (Wildman–Crippen MR) is 90.5 cm³/mol. The van der Waals surface area contributed by atoms with Crippen LogP contribution in [0, 0.1) is 11.6 Å². The van der Waals surface area contributed by atoms with Crippen LogP contribution >= 0.6 is 28.1 Å². The Hall–Kier alpha value is -1.85.